The summed E-state index contributed by atoms with van der Waals surface area (Å²) in [7, 11) is 7.63. The van der Waals surface area contributed by atoms with Gasteiger partial charge in [0.25, 0.3) is 5.66 Å². The Balaban J connectivity index is 3.14. The van der Waals surface area contributed by atoms with E-state index in [1.54, 1.807) is 22.4 Å². The van der Waals surface area contributed by atoms with Gasteiger partial charge in [-0.1, -0.05) is 25.1 Å². The minimum absolute atomic E-state index is 0.116. The van der Waals surface area contributed by atoms with Crippen LogP contribution in [0.1, 0.15) is 51.3 Å². The van der Waals surface area contributed by atoms with Gasteiger partial charge in [0.1, 0.15) is 11.2 Å². The van der Waals surface area contributed by atoms with Crippen LogP contribution in [0.25, 0.3) is 5.57 Å². The lowest BCUT2D eigenvalue weighted by Gasteiger charge is -2.19. The fourth-order valence-corrected chi connectivity index (χ4v) is 3.32. The number of H-pyrrole nitrogens is 1. The predicted molar refractivity (Wildman–Crippen MR) is 138 cm³/mol. The van der Waals surface area contributed by atoms with Gasteiger partial charge in [0.05, 0.1) is 12.3 Å². The number of likely N-dealkylation sites (N-methyl/N-ethyl adjacent to an activating group) is 2. The van der Waals surface area contributed by atoms with Crippen LogP contribution in [-0.4, -0.2) is 60.0 Å². The van der Waals surface area contributed by atoms with E-state index in [9.17, 15) is 13.2 Å². The monoisotopic (exact) mass is 506 g/mol. The Bertz CT molecular complexity index is 826. The molecule has 0 radical (unpaired) electrons. The smallest absolute Gasteiger partial charge is 0.280 e. The number of alkyl halides is 3. The molecule has 5 nitrogen and oxygen atoms in total. The molecule has 2 unspecified atom stereocenters. The molecule has 10 heteroatoms. The lowest BCUT2D eigenvalue weighted by atomic mass is 9.99. The molecule has 2 N–H and O–H groups in total. The summed E-state index contributed by atoms with van der Waals surface area (Å²) < 4.78 is 47.3. The SMILES string of the molecule is C=C(OCCCC[C@@](C)(F)P)/C(C)=C(/C=C(\C)C(F)(F)P)c1n[nH]cc1CN(C)CCNC. The molecule has 3 atom stereocenters. The third-order valence-corrected chi connectivity index (χ3v) is 5.95. The zero-order chi connectivity index (χ0) is 25.2. The first-order valence-electron chi connectivity index (χ1n) is 11.0. The van der Waals surface area contributed by atoms with Crippen LogP contribution in [0.15, 0.2) is 35.8 Å². The van der Waals surface area contributed by atoms with Gasteiger partial charge in [0, 0.05) is 37.0 Å². The molecule has 1 rings (SSSR count). The minimum atomic E-state index is -3.05. The molecule has 33 heavy (non-hydrogen) atoms. The van der Waals surface area contributed by atoms with Crippen LogP contribution >= 0.6 is 18.5 Å². The number of nitrogens with one attached hydrogen (secondary N) is 2. The molecule has 0 amide bonds. The number of hydrogen-bond donors (Lipinski definition) is 2. The maximum Gasteiger partial charge on any atom is 0.280 e. The van der Waals surface area contributed by atoms with E-state index in [4.69, 9.17) is 4.74 Å². The maximum absolute atomic E-state index is 14.0. The maximum atomic E-state index is 14.0. The Morgan fingerprint density at radius 1 is 1.30 bits per heavy atom. The van der Waals surface area contributed by atoms with Gasteiger partial charge in [-0.25, -0.2) is 4.39 Å². The molecule has 0 saturated carbocycles. The largest absolute Gasteiger partial charge is 0.494 e. The quantitative estimate of drug-likeness (QED) is 0.143. The number of aromatic amines is 1. The summed E-state index contributed by atoms with van der Waals surface area (Å²) in [6.45, 7) is 11.3. The molecule has 0 fully saturated rings. The highest BCUT2D eigenvalue weighted by molar-refractivity contribution is 7.18. The predicted octanol–water partition coefficient (Wildman–Crippen LogP) is 5.51. The van der Waals surface area contributed by atoms with E-state index in [1.165, 1.54) is 19.9 Å². The first kappa shape index (κ1) is 29.8. The lowest BCUT2D eigenvalue weighted by Crippen LogP contribution is -2.27. The van der Waals surface area contributed by atoms with Crippen molar-refractivity contribution in [2.75, 3.05) is 33.8 Å². The van der Waals surface area contributed by atoms with Crippen LogP contribution in [0.4, 0.5) is 13.2 Å². The molecule has 0 bridgehead atoms. The summed E-state index contributed by atoms with van der Waals surface area (Å²) in [5.41, 5.74) is -0.552. The van der Waals surface area contributed by atoms with Crippen molar-refractivity contribution in [2.24, 2.45) is 0 Å². The van der Waals surface area contributed by atoms with Gasteiger partial charge in [-0.05, 0) is 71.4 Å². The third kappa shape index (κ3) is 11.2. The summed E-state index contributed by atoms with van der Waals surface area (Å²) in [5.74, 6) is 0.382. The highest BCUT2D eigenvalue weighted by Gasteiger charge is 2.26. The minimum Gasteiger partial charge on any atom is -0.494 e. The van der Waals surface area contributed by atoms with Gasteiger partial charge >= 0.3 is 0 Å². The standard InChI is InChI=1S/C23H39F3N4OP2/c1-16(23(25,26)33)13-20(17(2)18(3)31-12-8-7-9-22(4,24)32)21-19(14-28-29-21)15-30(6)11-10-27-5/h13-14,27H,3,7-12,15,32-33H2,1-2,4-6H3,(H,28,29)/b16-13+,20-17-/t22-/m0/s1. The van der Waals surface area contributed by atoms with Crippen LogP contribution in [0, 0.1) is 0 Å². The van der Waals surface area contributed by atoms with Crippen LogP contribution in [-0.2, 0) is 11.3 Å². The Morgan fingerprint density at radius 3 is 2.55 bits per heavy atom. The van der Waals surface area contributed by atoms with Crippen LogP contribution in [0.3, 0.4) is 0 Å². The number of aromatic nitrogens is 2. The van der Waals surface area contributed by atoms with E-state index in [0.717, 1.165) is 18.7 Å². The zero-order valence-electron chi connectivity index (χ0n) is 20.4. The molecule has 1 heterocycles. The zero-order valence-corrected chi connectivity index (χ0v) is 22.7. The average Bonchev–Trinajstić information content (AvgIpc) is 3.15. The van der Waals surface area contributed by atoms with Crippen molar-refractivity contribution in [3.05, 3.63) is 47.0 Å². The summed E-state index contributed by atoms with van der Waals surface area (Å²) in [5, 5.41) is 9.05. The van der Waals surface area contributed by atoms with E-state index < -0.39 is 11.1 Å². The number of nitrogens with zero attached hydrogens (tertiary/aromatic N) is 2. The summed E-state index contributed by atoms with van der Waals surface area (Å²) in [4.78, 5) is 2.12. The number of allylic oxidation sites excluding steroid dienone is 4. The van der Waals surface area contributed by atoms with Crippen LogP contribution in [0.2, 0.25) is 0 Å². The van der Waals surface area contributed by atoms with Gasteiger partial charge in [-0.2, -0.15) is 13.9 Å². The average molecular weight is 507 g/mol. The second kappa shape index (κ2) is 13.6. The van der Waals surface area contributed by atoms with E-state index in [1.807, 2.05) is 14.1 Å². The molecule has 0 saturated heterocycles. The number of rotatable bonds is 15. The molecule has 188 valence electrons. The first-order valence-corrected chi connectivity index (χ1v) is 12.1. The Morgan fingerprint density at radius 2 is 1.97 bits per heavy atom. The molecule has 0 aliphatic rings. The number of ether oxygens (including phenoxy) is 1. The second-order valence-electron chi connectivity index (χ2n) is 8.60. The third-order valence-electron chi connectivity index (χ3n) is 5.20. The highest BCUT2D eigenvalue weighted by Crippen LogP contribution is 2.35. The molecule has 0 spiro atoms. The van der Waals surface area contributed by atoms with E-state index >= 15 is 0 Å². The molecule has 0 aliphatic carbocycles. The molecular weight excluding hydrogens is 467 g/mol. The van der Waals surface area contributed by atoms with Crippen molar-refractivity contribution in [1.82, 2.24) is 20.4 Å². The lowest BCUT2D eigenvalue weighted by molar-refractivity contribution is 0.147. The van der Waals surface area contributed by atoms with Gasteiger partial charge < -0.3 is 15.0 Å². The van der Waals surface area contributed by atoms with Crippen molar-refractivity contribution in [2.45, 2.75) is 57.7 Å². The van der Waals surface area contributed by atoms with E-state index in [2.05, 4.69) is 36.2 Å². The van der Waals surface area contributed by atoms with Crippen molar-refractivity contribution in [3.63, 3.8) is 0 Å². The molecule has 0 aliphatic heterocycles. The summed E-state index contributed by atoms with van der Waals surface area (Å²) >= 11 is 0. The normalized spacial score (nSPS) is 15.4. The fourth-order valence-electron chi connectivity index (χ4n) is 3.03. The van der Waals surface area contributed by atoms with Crippen molar-refractivity contribution in [3.8, 4) is 0 Å². The first-order chi connectivity index (χ1) is 15.3. The van der Waals surface area contributed by atoms with Gasteiger partial charge in [-0.15, -0.1) is 0 Å². The van der Waals surface area contributed by atoms with Gasteiger partial charge in [0.15, 0.2) is 0 Å². The number of unbranched alkanes of at least 4 members (excludes halogenated alkanes) is 1. The summed E-state index contributed by atoms with van der Waals surface area (Å²) in [6.07, 6.45) is 4.96. The van der Waals surface area contributed by atoms with Crippen molar-refractivity contribution >= 4 is 24.1 Å². The van der Waals surface area contributed by atoms with Gasteiger partial charge in [-0.3, -0.25) is 5.10 Å². The summed E-state index contributed by atoms with van der Waals surface area (Å²) in [6, 6.07) is 0. The van der Waals surface area contributed by atoms with E-state index in [0.29, 0.717) is 55.0 Å². The number of hydrogen-bond acceptors (Lipinski definition) is 4. The number of halogens is 3. The molecule has 1 aromatic heterocycles. The Hall–Kier alpha value is -1.20. The van der Waals surface area contributed by atoms with Gasteiger partial charge in [0.2, 0.25) is 0 Å². The molecular formula is C23H39F3N4OP2. The Labute approximate surface area is 201 Å². The fraction of sp³-hybridized carbons (Fsp3) is 0.609. The van der Waals surface area contributed by atoms with E-state index in [-0.39, 0.29) is 5.57 Å². The Kier molecular flexibility index (Phi) is 12.3. The second-order valence-corrected chi connectivity index (χ2v) is 10.5. The topological polar surface area (TPSA) is 53.2 Å². The van der Waals surface area contributed by atoms with Crippen molar-refractivity contribution < 1.29 is 17.9 Å². The molecule has 1 aromatic rings. The molecule has 0 aromatic carbocycles. The van der Waals surface area contributed by atoms with Crippen LogP contribution in [0.5, 0.6) is 0 Å². The van der Waals surface area contributed by atoms with Crippen LogP contribution < -0.4 is 5.32 Å². The van der Waals surface area contributed by atoms with Crippen molar-refractivity contribution in [1.29, 1.82) is 0 Å². The highest BCUT2D eigenvalue weighted by atomic mass is 31.0.